The molecule has 2 atom stereocenters. The minimum atomic E-state index is -4.71. The highest BCUT2D eigenvalue weighted by atomic mass is 35.5. The molecule has 0 radical (unpaired) electrons. The van der Waals surface area contributed by atoms with Crippen molar-refractivity contribution in [3.63, 3.8) is 0 Å². The van der Waals surface area contributed by atoms with E-state index in [0.717, 1.165) is 39.4 Å². The number of carboxylic acids is 1. The number of nitrogens with zero attached hydrogens (tertiary/aromatic N) is 2. The first-order chi connectivity index (χ1) is 28.6. The number of rotatable bonds is 20. The number of aromatic nitrogens is 1. The molecule has 0 unspecified atom stereocenters. The van der Waals surface area contributed by atoms with E-state index in [4.69, 9.17) is 37.5 Å². The molecule has 0 fully saturated rings. The lowest BCUT2D eigenvalue weighted by Crippen LogP contribution is -2.31. The van der Waals surface area contributed by atoms with Crippen LogP contribution in [0.4, 0.5) is 18.9 Å². The van der Waals surface area contributed by atoms with Gasteiger partial charge in [0.2, 0.25) is 5.69 Å². The third-order valence-corrected chi connectivity index (χ3v) is 9.85. The molecule has 4 aromatic carbocycles. The number of aliphatic hydroxyl groups excluding tert-OH is 2. The molecule has 0 aliphatic rings. The maximum atomic E-state index is 14.3. The molecule has 0 aliphatic heterocycles. The number of halogens is 4. The molecule has 0 saturated heterocycles. The SMILES string of the molecule is [C-]#[N+]c1cncc(COc2cc(OCc3cccc(-c4cccc(-c5ccc(OCCNC[C@@H](O)CC(=O)O)c(C(F)(F)F)c5)c4C)c3C)c(Cl)cc2CNC[C@H](C)O)c1. The summed E-state index contributed by atoms with van der Waals surface area (Å²) in [6, 6.07) is 20.3. The van der Waals surface area contributed by atoms with Crippen molar-refractivity contribution in [3.8, 4) is 39.5 Å². The largest absolute Gasteiger partial charge is 0.492 e. The first-order valence-corrected chi connectivity index (χ1v) is 19.4. The molecule has 15 heteroatoms. The molecule has 5 rings (SSSR count). The van der Waals surface area contributed by atoms with Gasteiger partial charge in [-0.05, 0) is 89.5 Å². The third-order valence-electron chi connectivity index (χ3n) is 9.55. The average Bonchev–Trinajstić information content (AvgIpc) is 3.20. The fourth-order valence-corrected chi connectivity index (χ4v) is 6.74. The fraction of sp³-hybridized carbons (Fsp3) is 0.311. The van der Waals surface area contributed by atoms with E-state index in [1.54, 1.807) is 49.5 Å². The molecule has 316 valence electrons. The summed E-state index contributed by atoms with van der Waals surface area (Å²) in [6.45, 7) is 13.7. The summed E-state index contributed by atoms with van der Waals surface area (Å²) in [4.78, 5) is 18.3. The number of aliphatic carboxylic acids is 1. The molecular formula is C45H46ClF3N4O7. The predicted octanol–water partition coefficient (Wildman–Crippen LogP) is 8.69. The number of benzene rings is 4. The minimum Gasteiger partial charge on any atom is -0.492 e. The van der Waals surface area contributed by atoms with Crippen LogP contribution in [0.1, 0.15) is 46.7 Å². The monoisotopic (exact) mass is 846 g/mol. The zero-order valence-corrected chi connectivity index (χ0v) is 34.0. The Balaban J connectivity index is 1.35. The number of carbonyl (C=O) groups is 1. The second kappa shape index (κ2) is 21.0. The topological polar surface area (TPSA) is 147 Å². The van der Waals surface area contributed by atoms with Crippen LogP contribution in [0.25, 0.3) is 27.1 Å². The van der Waals surface area contributed by atoms with E-state index in [0.29, 0.717) is 52.0 Å². The van der Waals surface area contributed by atoms with Gasteiger partial charge in [-0.25, -0.2) is 4.85 Å². The van der Waals surface area contributed by atoms with Gasteiger partial charge in [-0.15, -0.1) is 0 Å². The Morgan fingerprint density at radius 1 is 0.850 bits per heavy atom. The van der Waals surface area contributed by atoms with E-state index in [1.165, 1.54) is 12.3 Å². The predicted molar refractivity (Wildman–Crippen MR) is 222 cm³/mol. The smallest absolute Gasteiger partial charge is 0.419 e. The van der Waals surface area contributed by atoms with E-state index in [2.05, 4.69) is 20.5 Å². The maximum Gasteiger partial charge on any atom is 0.419 e. The van der Waals surface area contributed by atoms with Crippen LogP contribution in [0.5, 0.6) is 17.2 Å². The Bertz CT molecular complexity index is 2320. The number of ether oxygens (including phenoxy) is 3. The van der Waals surface area contributed by atoms with Gasteiger partial charge in [-0.3, -0.25) is 9.78 Å². The summed E-state index contributed by atoms with van der Waals surface area (Å²) in [5.41, 5.74) is 6.09. The number of pyridine rings is 1. The Kier molecular flexibility index (Phi) is 15.9. The van der Waals surface area contributed by atoms with Gasteiger partial charge in [-0.1, -0.05) is 54.1 Å². The Hall–Kier alpha value is -5.69. The summed E-state index contributed by atoms with van der Waals surface area (Å²) in [5.74, 6) is -0.635. The highest BCUT2D eigenvalue weighted by molar-refractivity contribution is 6.32. The number of aliphatic hydroxyl groups is 2. The third kappa shape index (κ3) is 12.4. The van der Waals surface area contributed by atoms with E-state index in [9.17, 15) is 28.2 Å². The fourth-order valence-electron chi connectivity index (χ4n) is 6.50. The number of hydrogen-bond donors (Lipinski definition) is 5. The molecule has 0 saturated carbocycles. The van der Waals surface area contributed by atoms with Gasteiger partial charge in [0.05, 0.1) is 35.8 Å². The summed E-state index contributed by atoms with van der Waals surface area (Å²) in [5, 5.41) is 34.5. The highest BCUT2D eigenvalue weighted by Crippen LogP contribution is 2.41. The van der Waals surface area contributed by atoms with Crippen LogP contribution in [0.2, 0.25) is 5.02 Å². The lowest BCUT2D eigenvalue weighted by atomic mass is 9.89. The Morgan fingerprint density at radius 2 is 1.57 bits per heavy atom. The van der Waals surface area contributed by atoms with Gasteiger partial charge < -0.3 is 40.2 Å². The first kappa shape index (κ1) is 45.4. The number of hydrogen-bond acceptors (Lipinski definition) is 9. The van der Waals surface area contributed by atoms with Crippen LogP contribution in [0.15, 0.2) is 85.2 Å². The first-order valence-electron chi connectivity index (χ1n) is 19.1. The van der Waals surface area contributed by atoms with E-state index in [-0.39, 0.29) is 38.7 Å². The molecule has 5 N–H and O–H groups in total. The summed E-state index contributed by atoms with van der Waals surface area (Å²) < 4.78 is 60.9. The van der Waals surface area contributed by atoms with Crippen LogP contribution in [-0.2, 0) is 30.7 Å². The van der Waals surface area contributed by atoms with Crippen molar-refractivity contribution < 1.29 is 47.5 Å². The van der Waals surface area contributed by atoms with Gasteiger partial charge in [0.15, 0.2) is 0 Å². The Labute approximate surface area is 351 Å². The lowest BCUT2D eigenvalue weighted by Gasteiger charge is -2.19. The van der Waals surface area contributed by atoms with Crippen molar-refractivity contribution in [2.75, 3.05) is 26.2 Å². The quantitative estimate of drug-likeness (QED) is 0.0381. The minimum absolute atomic E-state index is 0.0452. The maximum absolute atomic E-state index is 14.3. The molecule has 60 heavy (non-hydrogen) atoms. The van der Waals surface area contributed by atoms with Crippen molar-refractivity contribution in [2.24, 2.45) is 0 Å². The summed E-state index contributed by atoms with van der Waals surface area (Å²) in [7, 11) is 0. The molecule has 0 aliphatic carbocycles. The van der Waals surface area contributed by atoms with Crippen molar-refractivity contribution in [1.29, 1.82) is 0 Å². The molecule has 0 bridgehead atoms. The van der Waals surface area contributed by atoms with Crippen LogP contribution in [0, 0.1) is 20.4 Å². The van der Waals surface area contributed by atoms with Crippen LogP contribution in [-0.4, -0.2) is 64.7 Å². The zero-order chi connectivity index (χ0) is 43.4. The number of carboxylic acid groups (broad SMARTS) is 1. The molecule has 0 spiro atoms. The van der Waals surface area contributed by atoms with Crippen molar-refractivity contribution in [3.05, 3.63) is 135 Å². The van der Waals surface area contributed by atoms with Gasteiger partial charge in [0.1, 0.15) is 37.1 Å². The van der Waals surface area contributed by atoms with Crippen LogP contribution >= 0.6 is 11.6 Å². The van der Waals surface area contributed by atoms with Crippen molar-refractivity contribution in [1.82, 2.24) is 15.6 Å². The van der Waals surface area contributed by atoms with Crippen LogP contribution < -0.4 is 24.8 Å². The molecule has 11 nitrogen and oxygen atoms in total. The summed E-state index contributed by atoms with van der Waals surface area (Å²) >= 11 is 6.73. The second-order valence-electron chi connectivity index (χ2n) is 14.2. The molecule has 0 amide bonds. The number of alkyl halides is 3. The van der Waals surface area contributed by atoms with Crippen LogP contribution in [0.3, 0.4) is 0 Å². The molecule has 1 heterocycles. The normalized spacial score (nSPS) is 12.4. The van der Waals surface area contributed by atoms with Crippen molar-refractivity contribution in [2.45, 2.75) is 65.3 Å². The average molecular weight is 847 g/mol. The highest BCUT2D eigenvalue weighted by Gasteiger charge is 2.35. The standard InChI is InChI=1S/C45H46ClF3N4O7/c1-27(54)20-52-22-33-17-40(46)43(19-42(33)59-25-30-15-34(50-4)23-53-21-30)60-26-32-7-5-9-37(28(32)2)38-10-6-8-36(29(38)3)31-11-12-41(39(16-31)45(47,48)49)58-14-13-51-24-35(55)18-44(56)57/h5-12,15-17,19,21,23,27,35,51-52,54-55H,13-14,18,20,22,24-26H2,1-3H3,(H,56,57)/t27-,35-/m0/s1. The van der Waals surface area contributed by atoms with E-state index in [1.807, 2.05) is 38.1 Å². The molecule has 5 aromatic rings. The lowest BCUT2D eigenvalue weighted by molar-refractivity contribution is -0.139. The van der Waals surface area contributed by atoms with Gasteiger partial charge >= 0.3 is 12.1 Å². The number of nitrogens with one attached hydrogen (secondary N) is 2. The van der Waals surface area contributed by atoms with Gasteiger partial charge in [0.25, 0.3) is 0 Å². The van der Waals surface area contributed by atoms with Crippen molar-refractivity contribution >= 4 is 23.3 Å². The van der Waals surface area contributed by atoms with E-state index < -0.39 is 36.3 Å². The Morgan fingerprint density at radius 3 is 2.28 bits per heavy atom. The summed E-state index contributed by atoms with van der Waals surface area (Å²) in [6.07, 6.45) is -3.76. The second-order valence-corrected chi connectivity index (χ2v) is 14.6. The molecular weight excluding hydrogens is 801 g/mol. The van der Waals surface area contributed by atoms with Gasteiger partial charge in [0, 0.05) is 50.2 Å². The molecule has 1 aromatic heterocycles. The van der Waals surface area contributed by atoms with E-state index >= 15 is 0 Å². The van der Waals surface area contributed by atoms with Gasteiger partial charge in [-0.2, -0.15) is 13.2 Å². The zero-order valence-electron chi connectivity index (χ0n) is 33.3.